The van der Waals surface area contributed by atoms with Crippen molar-refractivity contribution in [3.05, 3.63) is 12.2 Å². The smallest absolute Gasteiger partial charge is 0.248 e. The Balaban J connectivity index is 1.21. The van der Waals surface area contributed by atoms with Gasteiger partial charge in [0.2, 0.25) is 70.9 Å². The Kier molecular flexibility index (Phi) is 29.9. The number of amides is 12. The number of hydrogen-bond donors (Lipinski definition) is 3. The molecule has 0 aromatic carbocycles. The van der Waals surface area contributed by atoms with Gasteiger partial charge in [-0.05, 0) is 132 Å². The molecule has 26 nitrogen and oxygen atoms in total. The lowest BCUT2D eigenvalue weighted by Crippen LogP contribution is -2.71. The van der Waals surface area contributed by atoms with Gasteiger partial charge >= 0.3 is 0 Å². The van der Waals surface area contributed by atoms with Crippen molar-refractivity contribution in [2.75, 3.05) is 89.2 Å². The van der Waals surface area contributed by atoms with Gasteiger partial charge in [0.25, 0.3) is 0 Å². The third kappa shape index (κ3) is 20.3. The molecule has 7 fully saturated rings. The van der Waals surface area contributed by atoms with E-state index in [1.807, 2.05) is 46.8 Å². The molecule has 3 aliphatic heterocycles. The van der Waals surface area contributed by atoms with Crippen molar-refractivity contribution < 1.29 is 71.4 Å². The van der Waals surface area contributed by atoms with Gasteiger partial charge < -0.3 is 69.5 Å². The second-order valence-corrected chi connectivity index (χ2v) is 34.0. The fraction of sp³-hybridized carbons (Fsp3) is 0.821. The van der Waals surface area contributed by atoms with Gasteiger partial charge in [-0.2, -0.15) is 0 Å². The molecular formula is C78H126ClFN12O14. The van der Waals surface area contributed by atoms with Crippen LogP contribution in [0.1, 0.15) is 203 Å². The van der Waals surface area contributed by atoms with Crippen LogP contribution in [-0.2, 0) is 67.0 Å². The number of ether oxygens (including phenoxy) is 2. The van der Waals surface area contributed by atoms with Gasteiger partial charge in [0.05, 0.1) is 30.6 Å². The van der Waals surface area contributed by atoms with Crippen LogP contribution < -0.4 is 16.0 Å². The summed E-state index contributed by atoms with van der Waals surface area (Å²) >= 11 is 6.50. The van der Waals surface area contributed by atoms with Gasteiger partial charge in [-0.3, -0.25) is 57.5 Å². The van der Waals surface area contributed by atoms with Crippen molar-refractivity contribution in [3.63, 3.8) is 0 Å². The molecule has 5 saturated carbocycles. The van der Waals surface area contributed by atoms with Crippen LogP contribution in [0.3, 0.4) is 0 Å². The van der Waals surface area contributed by atoms with Crippen LogP contribution in [-0.4, -0.2) is 288 Å². The maximum atomic E-state index is 15.8. The summed E-state index contributed by atoms with van der Waals surface area (Å²) in [6, 6.07) is -10.1. The van der Waals surface area contributed by atoms with Crippen LogP contribution in [0.4, 0.5) is 4.39 Å². The van der Waals surface area contributed by atoms with Gasteiger partial charge in [-0.25, -0.2) is 4.39 Å². The summed E-state index contributed by atoms with van der Waals surface area (Å²) in [4.78, 5) is 196. The topological polar surface area (TPSA) is 289 Å². The molecule has 0 radical (unpaired) electrons. The number of alkyl halides is 2. The third-order valence-electron chi connectivity index (χ3n) is 24.6. The van der Waals surface area contributed by atoms with Gasteiger partial charge in [0.15, 0.2) is 0 Å². The number of rotatable bonds is 15. The number of carbonyl (C=O) groups excluding carboxylic acids is 12. The zero-order valence-corrected chi connectivity index (χ0v) is 66.8. The van der Waals surface area contributed by atoms with Gasteiger partial charge in [0.1, 0.15) is 66.6 Å². The molecular weight excluding hydrogens is 1380 g/mol. The number of nitrogens with one attached hydrogen (secondary N) is 3. The molecule has 106 heavy (non-hydrogen) atoms. The molecule has 8 rings (SSSR count). The molecule has 28 heteroatoms. The van der Waals surface area contributed by atoms with Crippen molar-refractivity contribution in [2.45, 2.75) is 286 Å². The highest BCUT2D eigenvalue weighted by Gasteiger charge is 2.59. The Bertz CT molecular complexity index is 3170. The second kappa shape index (κ2) is 37.3. The molecule has 3 N–H and O–H groups in total. The number of nitrogens with zero attached hydrogens (tertiary/aromatic N) is 9. The van der Waals surface area contributed by atoms with Crippen LogP contribution >= 0.6 is 11.6 Å². The molecule has 14 atom stereocenters. The lowest BCUT2D eigenvalue weighted by molar-refractivity contribution is -0.161. The largest absolute Gasteiger partial charge is 0.380 e. The van der Waals surface area contributed by atoms with Crippen LogP contribution in [0.15, 0.2) is 12.2 Å². The Hall–Kier alpha value is -6.48. The average Bonchev–Trinajstić information content (AvgIpc) is 0.807. The summed E-state index contributed by atoms with van der Waals surface area (Å²) in [5, 5.41) is 8.17. The molecule has 3 heterocycles. The number of fused-ring (bicyclic) bond motifs is 3. The summed E-state index contributed by atoms with van der Waals surface area (Å²) in [6.45, 7) is 12.7. The van der Waals surface area contributed by atoms with Gasteiger partial charge in [-0.15, -0.1) is 11.6 Å². The van der Waals surface area contributed by atoms with Crippen molar-refractivity contribution in [1.29, 1.82) is 0 Å². The van der Waals surface area contributed by atoms with Crippen LogP contribution in [0.2, 0.25) is 0 Å². The molecule has 5 aliphatic carbocycles. The summed E-state index contributed by atoms with van der Waals surface area (Å²) in [7, 11) is 11.8. The van der Waals surface area contributed by atoms with E-state index in [1.165, 1.54) is 95.6 Å². The lowest BCUT2D eigenvalue weighted by atomic mass is 9.58. The predicted molar refractivity (Wildman–Crippen MR) is 398 cm³/mol. The Morgan fingerprint density at radius 3 is 1.97 bits per heavy atom. The SMILES string of the molecule is CCC[C@H]1C(=O)N[C@@H]([C@@H](C)CC)C(=O)N(C2CC2)CC(=O)N(C)[C@H]2C/C=C\CCN(C2=O)[C@@H](CC2CCC(C)CC2)C(=O)N(C)CC(=O)N[C@@H](CCC2CC(F)C(Cl)C(OC)C2)C(=O)N2C[C@H](OCC)C[C@H]2C(=O)NC2(CC(C)(C)C2)C(=O)N(C)[C@@H](C2CCCC2)C(=O)N(C)[C@H](C(=O)N(C)C)CC(=O)N1C. The minimum Gasteiger partial charge on any atom is -0.380 e. The summed E-state index contributed by atoms with van der Waals surface area (Å²) in [6.07, 6.45) is 10.3. The second-order valence-electron chi connectivity index (χ2n) is 33.5. The fourth-order valence-corrected chi connectivity index (χ4v) is 18.4. The highest BCUT2D eigenvalue weighted by atomic mass is 35.5. The van der Waals surface area contributed by atoms with E-state index in [4.69, 9.17) is 21.1 Å². The molecule has 8 aliphatic rings. The van der Waals surface area contributed by atoms with E-state index < -0.39 is 185 Å². The van der Waals surface area contributed by atoms with Crippen molar-refractivity contribution in [1.82, 2.24) is 60.0 Å². The van der Waals surface area contributed by atoms with Gasteiger partial charge in [-0.1, -0.05) is 105 Å². The molecule has 596 valence electrons. The normalized spacial score (nSPS) is 33.2. The van der Waals surface area contributed by atoms with Crippen LogP contribution in [0.25, 0.3) is 0 Å². The fourth-order valence-electron chi connectivity index (χ4n) is 18.1. The summed E-state index contributed by atoms with van der Waals surface area (Å²) in [5.41, 5.74) is -2.10. The number of halogens is 2. The molecule has 0 aromatic rings. The van der Waals surface area contributed by atoms with E-state index in [-0.39, 0.29) is 95.4 Å². The molecule has 2 bridgehead atoms. The standard InChI is InChI=1S/C78H126ClFN12O14/c1-16-24-56-68(96)82-66(48(5)17-2)74(102)91(52-33-34-52)44-64(95)87(12)57-27-20-19-23-36-90(73(57)101)60(38-49-30-28-47(4)29-31-49)72(100)85(10)43-62(93)81-55(35-32-50-37-54(80)65(79)61(39-50)105-15)70(98)92-42-53(106-18-3)40-58(92)69(97)83-78(45-77(6,7)46-78)76(104)89(14)67(51-25-21-22-26-51)75(103)88(13)59(71(99)84(8)9)41-63(94)86(56)11/h19-20,47-61,65-67H,16-18,21-46H2,1-15H3,(H,81,93)(H,82,96)(H,83,97)/b20-19-/t47?,48-,49?,50?,53+,54?,55-,56-,57-,58-,59-,60-,61?,65?,66-,67-/m0/s1. The Labute approximate surface area is 633 Å². The highest BCUT2D eigenvalue weighted by molar-refractivity contribution is 6.21. The molecule has 2 saturated heterocycles. The average molecular weight is 1510 g/mol. The first-order chi connectivity index (χ1) is 50.1. The van der Waals surface area contributed by atoms with Crippen molar-refractivity contribution in [3.8, 4) is 0 Å². The molecule has 12 amide bonds. The lowest BCUT2D eigenvalue weighted by Gasteiger charge is -2.54. The maximum Gasteiger partial charge on any atom is 0.248 e. The van der Waals surface area contributed by atoms with Crippen LogP contribution in [0.5, 0.6) is 0 Å². The number of hydrogen-bond acceptors (Lipinski definition) is 14. The maximum absolute atomic E-state index is 15.8. The summed E-state index contributed by atoms with van der Waals surface area (Å²) < 4.78 is 27.5. The molecule has 4 unspecified atom stereocenters. The minimum atomic E-state index is -1.61. The first kappa shape index (κ1) is 85.1. The van der Waals surface area contributed by atoms with E-state index >= 15 is 42.7 Å². The van der Waals surface area contributed by atoms with Crippen molar-refractivity contribution >= 4 is 82.5 Å². The Morgan fingerprint density at radius 1 is 0.698 bits per heavy atom. The van der Waals surface area contributed by atoms with Crippen LogP contribution in [0, 0.1) is 35.0 Å². The van der Waals surface area contributed by atoms with Crippen molar-refractivity contribution in [2.24, 2.45) is 35.0 Å². The predicted octanol–water partition coefficient (Wildman–Crippen LogP) is 5.84. The summed E-state index contributed by atoms with van der Waals surface area (Å²) in [5.74, 6) is -7.94. The van der Waals surface area contributed by atoms with E-state index in [0.29, 0.717) is 57.3 Å². The highest BCUT2D eigenvalue weighted by Crippen LogP contribution is 2.50. The zero-order chi connectivity index (χ0) is 78.0. The molecule has 1 spiro atoms. The first-order valence-electron chi connectivity index (χ1n) is 39.5. The zero-order valence-electron chi connectivity index (χ0n) is 66.0. The number of carbonyl (C=O) groups is 12. The third-order valence-corrected chi connectivity index (χ3v) is 25.2. The number of likely N-dealkylation sites (N-methyl/N-ethyl adjacent to an activating group) is 6. The van der Waals surface area contributed by atoms with E-state index in [0.717, 1.165) is 38.5 Å². The first-order valence-corrected chi connectivity index (χ1v) is 40.0. The number of methoxy groups -OCH3 is 1. The van der Waals surface area contributed by atoms with E-state index in [1.54, 1.807) is 11.8 Å². The monoisotopic (exact) mass is 1510 g/mol. The van der Waals surface area contributed by atoms with E-state index in [2.05, 4.69) is 22.9 Å². The Morgan fingerprint density at radius 2 is 1.37 bits per heavy atom. The van der Waals surface area contributed by atoms with Gasteiger partial charge in [0, 0.05) is 88.6 Å². The minimum absolute atomic E-state index is 0.00688. The van der Waals surface area contributed by atoms with E-state index in [9.17, 15) is 19.2 Å². The molecule has 0 aromatic heterocycles. The quantitative estimate of drug-likeness (QED) is 0.128.